The molecule has 1 unspecified atom stereocenters. The molecule has 138 valence electrons. The molecule has 0 saturated heterocycles. The van der Waals surface area contributed by atoms with Crippen molar-refractivity contribution in [2.75, 3.05) is 13.6 Å². The van der Waals surface area contributed by atoms with Crippen molar-refractivity contribution in [1.29, 1.82) is 0 Å². The Bertz CT molecular complexity index is 621. The second kappa shape index (κ2) is 8.66. The van der Waals surface area contributed by atoms with Gasteiger partial charge in [0.05, 0.1) is 0 Å². The van der Waals surface area contributed by atoms with Crippen LogP contribution in [-0.4, -0.2) is 25.5 Å². The van der Waals surface area contributed by atoms with Crippen LogP contribution in [0.2, 0.25) is 0 Å². The third-order valence-corrected chi connectivity index (χ3v) is 5.76. The minimum atomic E-state index is 0. The van der Waals surface area contributed by atoms with Crippen LogP contribution in [0.15, 0.2) is 24.3 Å². The molecular weight excluding hydrogens is 308 g/mol. The molecule has 0 radical (unpaired) electrons. The fourth-order valence-electron chi connectivity index (χ4n) is 4.19. The molecule has 1 aromatic rings. The Morgan fingerprint density at radius 3 is 2.84 bits per heavy atom. The lowest BCUT2D eigenvalue weighted by molar-refractivity contribution is -0.125. The lowest BCUT2D eigenvalue weighted by Crippen LogP contribution is -2.41. The van der Waals surface area contributed by atoms with Crippen molar-refractivity contribution in [3.8, 4) is 0 Å². The summed E-state index contributed by atoms with van der Waals surface area (Å²) in [6.45, 7) is 3.15. The lowest BCUT2D eigenvalue weighted by atomic mass is 9.85. The van der Waals surface area contributed by atoms with Crippen LogP contribution < -0.4 is 10.6 Å². The molecule has 1 amide bonds. The Hall–Kier alpha value is -1.61. The highest BCUT2D eigenvalue weighted by Gasteiger charge is 2.24. The van der Waals surface area contributed by atoms with Gasteiger partial charge in [0, 0.05) is 13.4 Å². The number of carbonyl (C=O) groups is 1. The molecule has 3 rings (SSSR count). The molecule has 1 saturated carbocycles. The molecule has 3 heteroatoms. The quantitative estimate of drug-likeness (QED) is 0.821. The fourth-order valence-corrected chi connectivity index (χ4v) is 4.19. The summed E-state index contributed by atoms with van der Waals surface area (Å²) in [6.07, 6.45) is 12.2. The number of allylic oxidation sites excluding steroid dienone is 1. The highest BCUT2D eigenvalue weighted by Crippen LogP contribution is 2.25. The van der Waals surface area contributed by atoms with E-state index in [4.69, 9.17) is 0 Å². The van der Waals surface area contributed by atoms with Crippen LogP contribution in [0, 0.1) is 11.8 Å². The Balaban J connectivity index is 0.00000243. The van der Waals surface area contributed by atoms with Gasteiger partial charge in [-0.25, -0.2) is 0 Å². The van der Waals surface area contributed by atoms with Crippen LogP contribution >= 0.6 is 0 Å². The zero-order valence-electron chi connectivity index (χ0n) is 15.7. The summed E-state index contributed by atoms with van der Waals surface area (Å²) < 4.78 is 0. The Morgan fingerprint density at radius 2 is 2.08 bits per heavy atom. The predicted octanol–water partition coefficient (Wildman–Crippen LogP) is 3.97. The van der Waals surface area contributed by atoms with E-state index < -0.39 is 0 Å². The Kier molecular flexibility index (Phi) is 6.30. The topological polar surface area (TPSA) is 41.1 Å². The summed E-state index contributed by atoms with van der Waals surface area (Å²) in [5.41, 5.74) is 4.03. The van der Waals surface area contributed by atoms with Gasteiger partial charge in [0.15, 0.2) is 0 Å². The van der Waals surface area contributed by atoms with E-state index in [2.05, 4.69) is 47.9 Å². The standard InChI is InChI=1S/C22H32N2O.H2/c1-16(13-18-7-10-19-5-3-4-6-20(19)14-18)22(25)24-21-11-8-17(9-12-21)15-23-2;/h4,6-7,10,14,16-17,21,23H,3,5,8-9,11-13,15H2,1-2H3,(H,24,25);1H. The van der Waals surface area contributed by atoms with Gasteiger partial charge in [-0.15, -0.1) is 0 Å². The van der Waals surface area contributed by atoms with Crippen LogP contribution in [-0.2, 0) is 17.6 Å². The number of aryl methyl sites for hydroxylation is 1. The van der Waals surface area contributed by atoms with Gasteiger partial charge < -0.3 is 10.6 Å². The van der Waals surface area contributed by atoms with Gasteiger partial charge in [-0.05, 0) is 81.1 Å². The summed E-state index contributed by atoms with van der Waals surface area (Å²) in [4.78, 5) is 12.6. The Labute approximate surface area is 153 Å². The van der Waals surface area contributed by atoms with E-state index in [-0.39, 0.29) is 13.3 Å². The highest BCUT2D eigenvalue weighted by molar-refractivity contribution is 5.79. The van der Waals surface area contributed by atoms with E-state index in [1.807, 2.05) is 7.05 Å². The van der Waals surface area contributed by atoms with E-state index in [1.165, 1.54) is 29.5 Å². The third-order valence-electron chi connectivity index (χ3n) is 5.76. The van der Waals surface area contributed by atoms with Crippen molar-refractivity contribution < 1.29 is 6.22 Å². The third kappa shape index (κ3) is 4.94. The SMILES string of the molecule is CNCC1CCC(NC(=O)C(C)Cc2ccc3c(c2)C=CCC3)CC1.[HH]. The summed E-state index contributed by atoms with van der Waals surface area (Å²) in [7, 11) is 2.02. The van der Waals surface area contributed by atoms with Crippen molar-refractivity contribution in [3.63, 3.8) is 0 Å². The number of fused-ring (bicyclic) bond motifs is 1. The lowest BCUT2D eigenvalue weighted by Gasteiger charge is -2.29. The molecule has 0 heterocycles. The van der Waals surface area contributed by atoms with Crippen molar-refractivity contribution in [2.45, 2.75) is 57.9 Å². The number of hydrogen-bond donors (Lipinski definition) is 2. The molecule has 0 spiro atoms. The summed E-state index contributed by atoms with van der Waals surface area (Å²) >= 11 is 0. The first kappa shape index (κ1) is 18.2. The molecule has 1 fully saturated rings. The van der Waals surface area contributed by atoms with E-state index in [0.29, 0.717) is 6.04 Å². The molecule has 0 aliphatic heterocycles. The zero-order chi connectivity index (χ0) is 17.6. The second-order valence-corrected chi connectivity index (χ2v) is 7.86. The van der Waals surface area contributed by atoms with E-state index >= 15 is 0 Å². The van der Waals surface area contributed by atoms with Crippen molar-refractivity contribution in [3.05, 3.63) is 41.0 Å². The average molecular weight is 343 g/mol. The Morgan fingerprint density at radius 1 is 1.28 bits per heavy atom. The van der Waals surface area contributed by atoms with Crippen LogP contribution in [0.1, 0.15) is 57.1 Å². The first-order valence-electron chi connectivity index (χ1n) is 9.89. The van der Waals surface area contributed by atoms with E-state index in [9.17, 15) is 4.79 Å². The highest BCUT2D eigenvalue weighted by atomic mass is 16.1. The van der Waals surface area contributed by atoms with Crippen molar-refractivity contribution in [1.82, 2.24) is 10.6 Å². The number of benzene rings is 1. The van der Waals surface area contributed by atoms with Crippen LogP contribution in [0.25, 0.3) is 6.08 Å². The van der Waals surface area contributed by atoms with Crippen molar-refractivity contribution >= 4 is 12.0 Å². The van der Waals surface area contributed by atoms with Gasteiger partial charge >= 0.3 is 0 Å². The first-order valence-corrected chi connectivity index (χ1v) is 9.89. The number of rotatable bonds is 6. The molecule has 2 aliphatic rings. The molecule has 3 nitrogen and oxygen atoms in total. The molecular formula is C22H34N2O. The smallest absolute Gasteiger partial charge is 0.223 e. The molecule has 0 aromatic heterocycles. The number of carbonyl (C=O) groups excluding carboxylic acids is 1. The predicted molar refractivity (Wildman–Crippen MR) is 107 cm³/mol. The molecule has 1 atom stereocenters. The van der Waals surface area contributed by atoms with Crippen LogP contribution in [0.5, 0.6) is 0 Å². The molecule has 1 aromatic carbocycles. The second-order valence-electron chi connectivity index (χ2n) is 7.86. The largest absolute Gasteiger partial charge is 0.353 e. The monoisotopic (exact) mass is 342 g/mol. The van der Waals surface area contributed by atoms with Gasteiger partial charge in [-0.3, -0.25) is 4.79 Å². The summed E-state index contributed by atoms with van der Waals surface area (Å²) in [5, 5.41) is 6.56. The number of nitrogens with one attached hydrogen (secondary N) is 2. The maximum absolute atomic E-state index is 12.6. The van der Waals surface area contributed by atoms with Gasteiger partial charge in [-0.2, -0.15) is 0 Å². The van der Waals surface area contributed by atoms with Gasteiger partial charge in [0.1, 0.15) is 0 Å². The van der Waals surface area contributed by atoms with Gasteiger partial charge in [-0.1, -0.05) is 37.3 Å². The molecule has 2 aliphatic carbocycles. The van der Waals surface area contributed by atoms with Crippen LogP contribution in [0.3, 0.4) is 0 Å². The molecule has 25 heavy (non-hydrogen) atoms. The summed E-state index contributed by atoms with van der Waals surface area (Å²) in [5.74, 6) is 1.02. The van der Waals surface area contributed by atoms with E-state index in [0.717, 1.165) is 44.6 Å². The normalized spacial score (nSPS) is 23.8. The number of amides is 1. The van der Waals surface area contributed by atoms with Gasteiger partial charge in [0.2, 0.25) is 5.91 Å². The fraction of sp³-hybridized carbons (Fsp3) is 0.591. The minimum absolute atomic E-state index is 0. The maximum atomic E-state index is 12.6. The number of hydrogen-bond acceptors (Lipinski definition) is 2. The molecule has 2 N–H and O–H groups in total. The van der Waals surface area contributed by atoms with E-state index in [1.54, 1.807) is 0 Å². The summed E-state index contributed by atoms with van der Waals surface area (Å²) in [6, 6.07) is 7.07. The van der Waals surface area contributed by atoms with Crippen molar-refractivity contribution in [2.24, 2.45) is 11.8 Å². The zero-order valence-corrected chi connectivity index (χ0v) is 15.7. The minimum Gasteiger partial charge on any atom is -0.353 e. The maximum Gasteiger partial charge on any atom is 0.223 e. The molecule has 0 bridgehead atoms. The van der Waals surface area contributed by atoms with Crippen LogP contribution in [0.4, 0.5) is 0 Å². The average Bonchev–Trinajstić information content (AvgIpc) is 2.63. The van der Waals surface area contributed by atoms with Gasteiger partial charge in [0.25, 0.3) is 0 Å². The first-order chi connectivity index (χ1) is 12.2.